The maximum atomic E-state index is 14.7. The standard InChI is InChI=1S/C26H31F4N9OS/c1-25(2,3)38-13-15(11-32-38)23(40)31-12-21-34-35-24(41-21)39-20(10-26(28,29)30)16-6-5-7-19(22(16)36-39)33-18-8-9-37(4)14-17(18)27/h5-7,11,13,17-18,33H,8-10,12,14H2,1-4H3,(H,31,40)/t17-,18+/m0/s1. The van der Waals surface area contributed by atoms with Gasteiger partial charge in [-0.05, 0) is 40.3 Å². The fraction of sp³-hybridized carbons (Fsp3) is 0.500. The van der Waals surface area contributed by atoms with Gasteiger partial charge in [-0.1, -0.05) is 23.5 Å². The molecule has 1 saturated heterocycles. The third kappa shape index (κ3) is 6.50. The van der Waals surface area contributed by atoms with E-state index in [0.29, 0.717) is 34.7 Å². The molecule has 4 heterocycles. The fourth-order valence-corrected chi connectivity index (χ4v) is 5.43. The van der Waals surface area contributed by atoms with Crippen molar-refractivity contribution in [3.8, 4) is 5.13 Å². The number of halogens is 4. The lowest BCUT2D eigenvalue weighted by atomic mass is 10.0. The number of benzene rings is 1. The van der Waals surface area contributed by atoms with Crippen LogP contribution in [0.3, 0.4) is 0 Å². The van der Waals surface area contributed by atoms with Crippen molar-refractivity contribution >= 4 is 33.8 Å². The summed E-state index contributed by atoms with van der Waals surface area (Å²) >= 11 is 1.02. The van der Waals surface area contributed by atoms with Crippen molar-refractivity contribution < 1.29 is 22.4 Å². The van der Waals surface area contributed by atoms with Crippen LogP contribution in [0.15, 0.2) is 30.6 Å². The number of hydrogen-bond acceptors (Lipinski definition) is 8. The van der Waals surface area contributed by atoms with E-state index in [1.165, 1.54) is 6.20 Å². The van der Waals surface area contributed by atoms with E-state index in [1.807, 2.05) is 32.7 Å². The van der Waals surface area contributed by atoms with Gasteiger partial charge in [0.2, 0.25) is 5.13 Å². The van der Waals surface area contributed by atoms with Crippen molar-refractivity contribution in [2.45, 2.75) is 64.1 Å². The highest BCUT2D eigenvalue weighted by Crippen LogP contribution is 2.33. The zero-order chi connectivity index (χ0) is 29.5. The monoisotopic (exact) mass is 593 g/mol. The summed E-state index contributed by atoms with van der Waals surface area (Å²) in [5.41, 5.74) is 0.728. The summed E-state index contributed by atoms with van der Waals surface area (Å²) in [5.74, 6) is -0.365. The topological polar surface area (TPSA) is 106 Å². The van der Waals surface area contributed by atoms with Gasteiger partial charge in [0.15, 0.2) is 0 Å². The third-order valence-electron chi connectivity index (χ3n) is 6.83. The molecule has 5 rings (SSSR count). The number of piperidine rings is 1. The van der Waals surface area contributed by atoms with Crippen LogP contribution in [-0.4, -0.2) is 79.1 Å². The van der Waals surface area contributed by atoms with E-state index in [1.54, 1.807) is 29.1 Å². The van der Waals surface area contributed by atoms with Crippen LogP contribution < -0.4 is 10.6 Å². The minimum absolute atomic E-state index is 0.0212. The highest BCUT2D eigenvalue weighted by atomic mass is 32.1. The molecule has 1 amide bonds. The number of nitrogens with zero attached hydrogens (tertiary/aromatic N) is 7. The Bertz CT molecular complexity index is 1540. The second kappa shape index (κ2) is 11.0. The van der Waals surface area contributed by atoms with Gasteiger partial charge in [-0.2, -0.15) is 23.4 Å². The predicted octanol–water partition coefficient (Wildman–Crippen LogP) is 4.32. The van der Waals surface area contributed by atoms with Crippen LogP contribution in [0, 0.1) is 0 Å². The fourth-order valence-electron chi connectivity index (χ4n) is 4.68. The second-order valence-electron chi connectivity index (χ2n) is 11.2. The van der Waals surface area contributed by atoms with Gasteiger partial charge >= 0.3 is 6.18 Å². The molecule has 2 atom stereocenters. The molecule has 0 radical (unpaired) electrons. The number of likely N-dealkylation sites (tertiary alicyclic amines) is 1. The van der Waals surface area contributed by atoms with Gasteiger partial charge in [0.1, 0.15) is 16.7 Å². The summed E-state index contributed by atoms with van der Waals surface area (Å²) in [6.45, 7) is 6.87. The van der Waals surface area contributed by atoms with Gasteiger partial charge in [0, 0.05) is 24.7 Å². The first-order valence-corrected chi connectivity index (χ1v) is 13.9. The van der Waals surface area contributed by atoms with Gasteiger partial charge in [-0.15, -0.1) is 10.2 Å². The Hall–Kier alpha value is -3.59. The normalized spacial score (nSPS) is 18.6. The summed E-state index contributed by atoms with van der Waals surface area (Å²) in [4.78, 5) is 14.5. The lowest BCUT2D eigenvalue weighted by molar-refractivity contribution is -0.127. The number of nitrogens with one attached hydrogen (secondary N) is 2. The molecule has 1 aromatic carbocycles. The summed E-state index contributed by atoms with van der Waals surface area (Å²) in [6.07, 6.45) is -3.23. The number of anilines is 1. The summed E-state index contributed by atoms with van der Waals surface area (Å²) < 4.78 is 58.5. The van der Waals surface area contributed by atoms with E-state index in [-0.39, 0.29) is 40.7 Å². The lowest BCUT2D eigenvalue weighted by Crippen LogP contribution is -2.46. The van der Waals surface area contributed by atoms with Gasteiger partial charge in [0.25, 0.3) is 5.91 Å². The molecular formula is C26H31F4N9OS. The third-order valence-corrected chi connectivity index (χ3v) is 7.72. The van der Waals surface area contributed by atoms with Crippen molar-refractivity contribution in [1.29, 1.82) is 0 Å². The van der Waals surface area contributed by atoms with Crippen molar-refractivity contribution in [2.24, 2.45) is 0 Å². The first-order valence-electron chi connectivity index (χ1n) is 13.1. The Morgan fingerprint density at radius 3 is 2.66 bits per heavy atom. The van der Waals surface area contributed by atoms with Crippen LogP contribution in [0.4, 0.5) is 23.2 Å². The van der Waals surface area contributed by atoms with E-state index in [0.717, 1.165) is 16.0 Å². The molecule has 15 heteroatoms. The Morgan fingerprint density at radius 1 is 1.20 bits per heavy atom. The largest absolute Gasteiger partial charge is 0.394 e. The molecule has 1 fully saturated rings. The van der Waals surface area contributed by atoms with Crippen LogP contribution >= 0.6 is 11.3 Å². The van der Waals surface area contributed by atoms with Crippen molar-refractivity contribution in [3.05, 3.63) is 46.9 Å². The minimum atomic E-state index is -4.51. The molecule has 1 aliphatic heterocycles. The minimum Gasteiger partial charge on any atom is -0.377 e. The van der Waals surface area contributed by atoms with Crippen molar-refractivity contribution in [3.63, 3.8) is 0 Å². The number of fused-ring (bicyclic) bond motifs is 1. The zero-order valence-corrected chi connectivity index (χ0v) is 23.9. The average Bonchev–Trinajstić information content (AvgIpc) is 3.63. The maximum absolute atomic E-state index is 14.7. The average molecular weight is 594 g/mol. The van der Waals surface area contributed by atoms with Crippen LogP contribution in [0.5, 0.6) is 0 Å². The number of aromatic nitrogens is 6. The van der Waals surface area contributed by atoms with Crippen LogP contribution in [0.2, 0.25) is 0 Å². The second-order valence-corrected chi connectivity index (χ2v) is 12.2. The van der Waals surface area contributed by atoms with Crippen molar-refractivity contribution in [1.82, 2.24) is 40.0 Å². The van der Waals surface area contributed by atoms with E-state index in [9.17, 15) is 22.4 Å². The first kappa shape index (κ1) is 28.9. The van der Waals surface area contributed by atoms with Crippen LogP contribution in [-0.2, 0) is 18.5 Å². The molecule has 0 bridgehead atoms. The Labute approximate surface area is 237 Å². The Morgan fingerprint density at radius 2 is 1.98 bits per heavy atom. The van der Waals surface area contributed by atoms with Crippen LogP contribution in [0.1, 0.15) is 48.3 Å². The maximum Gasteiger partial charge on any atom is 0.394 e. The highest BCUT2D eigenvalue weighted by Gasteiger charge is 2.33. The molecule has 3 aromatic heterocycles. The molecule has 0 spiro atoms. The summed E-state index contributed by atoms with van der Waals surface area (Å²) in [7, 11) is 1.84. The van der Waals surface area contributed by atoms with E-state index in [4.69, 9.17) is 0 Å². The number of alkyl halides is 4. The highest BCUT2D eigenvalue weighted by molar-refractivity contribution is 7.13. The van der Waals surface area contributed by atoms with Gasteiger partial charge in [0.05, 0.1) is 47.7 Å². The molecule has 2 N–H and O–H groups in total. The first-order chi connectivity index (χ1) is 19.3. The molecule has 0 aliphatic carbocycles. The van der Waals surface area contributed by atoms with E-state index in [2.05, 4.69) is 31.0 Å². The van der Waals surface area contributed by atoms with Gasteiger partial charge in [-0.3, -0.25) is 9.48 Å². The molecule has 10 nitrogen and oxygen atoms in total. The zero-order valence-electron chi connectivity index (χ0n) is 23.0. The number of rotatable bonds is 7. The number of carbonyl (C=O) groups excluding carboxylic acids is 1. The lowest BCUT2D eigenvalue weighted by Gasteiger charge is -2.33. The number of hydrogen-bond donors (Lipinski definition) is 2. The van der Waals surface area contributed by atoms with E-state index < -0.39 is 24.8 Å². The molecule has 4 aromatic rings. The summed E-state index contributed by atoms with van der Waals surface area (Å²) in [5, 5.41) is 23.6. The Balaban J connectivity index is 1.40. The molecule has 0 saturated carbocycles. The Kier molecular flexibility index (Phi) is 7.76. The number of carbonyl (C=O) groups is 1. The molecule has 0 unspecified atom stereocenters. The van der Waals surface area contributed by atoms with Gasteiger partial charge < -0.3 is 15.5 Å². The van der Waals surface area contributed by atoms with E-state index >= 15 is 0 Å². The molecule has 41 heavy (non-hydrogen) atoms. The quantitative estimate of drug-likeness (QED) is 0.308. The molecular weight excluding hydrogens is 562 g/mol. The molecule has 1 aliphatic rings. The summed E-state index contributed by atoms with van der Waals surface area (Å²) in [6, 6.07) is 4.39. The van der Waals surface area contributed by atoms with Crippen LogP contribution in [0.25, 0.3) is 16.0 Å². The smallest absolute Gasteiger partial charge is 0.377 e. The van der Waals surface area contributed by atoms with Gasteiger partial charge in [-0.25, -0.2) is 9.07 Å². The number of amides is 1. The molecule has 220 valence electrons. The SMILES string of the molecule is CN1CC[C@@H](Nc2cccc3c(CC(F)(F)F)n(-c4nnc(CNC(=O)c5cnn(C(C)(C)C)c5)s4)nc23)[C@@H](F)C1. The predicted molar refractivity (Wildman–Crippen MR) is 147 cm³/mol. The van der Waals surface area contributed by atoms with Crippen molar-refractivity contribution in [2.75, 3.05) is 25.5 Å².